The molecular formula is C15H15N3S2. The Bertz CT molecular complexity index is 726. The zero-order valence-electron chi connectivity index (χ0n) is 11.2. The number of hydrazone groups is 1. The van der Waals surface area contributed by atoms with E-state index in [1.54, 1.807) is 11.8 Å². The largest absolute Gasteiger partial charge is 0.258 e. The summed E-state index contributed by atoms with van der Waals surface area (Å²) in [6.07, 6.45) is 2.47. The Labute approximate surface area is 126 Å². The number of nitrogens with zero attached hydrogens (tertiary/aromatic N) is 2. The molecular weight excluding hydrogens is 286 g/mol. The number of aliphatic imine (C=N–C) groups is 1. The number of fused-ring (bicyclic) bond motifs is 1. The molecule has 4 rings (SSSR count). The molecule has 0 saturated heterocycles. The molecule has 1 aliphatic heterocycles. The second-order valence-corrected chi connectivity index (χ2v) is 7.19. The Hall–Kier alpha value is -1.33. The average molecular weight is 301 g/mol. The summed E-state index contributed by atoms with van der Waals surface area (Å²) in [4.78, 5) is 5.91. The van der Waals surface area contributed by atoms with Gasteiger partial charge < -0.3 is 0 Å². The molecule has 2 aliphatic rings. The number of benzene rings is 1. The van der Waals surface area contributed by atoms with Crippen LogP contribution in [0.4, 0.5) is 0 Å². The Balaban J connectivity index is 1.66. The topological polar surface area (TPSA) is 36.8 Å². The van der Waals surface area contributed by atoms with Gasteiger partial charge in [-0.05, 0) is 36.8 Å². The third kappa shape index (κ3) is 2.25. The molecule has 1 aromatic heterocycles. The maximum Gasteiger partial charge on any atom is 0.177 e. The van der Waals surface area contributed by atoms with E-state index < -0.39 is 0 Å². The van der Waals surface area contributed by atoms with Gasteiger partial charge in [-0.25, -0.2) is 0 Å². The van der Waals surface area contributed by atoms with Gasteiger partial charge in [0.1, 0.15) is 0 Å². The smallest absolute Gasteiger partial charge is 0.177 e. The molecule has 0 atom stereocenters. The van der Waals surface area contributed by atoms with Gasteiger partial charge in [-0.3, -0.25) is 10.4 Å². The fraction of sp³-hybridized carbons (Fsp3) is 0.333. The van der Waals surface area contributed by atoms with Gasteiger partial charge in [-0.2, -0.15) is 5.10 Å². The number of hydrogen-bond donors (Lipinski definition) is 1. The first kappa shape index (κ1) is 12.4. The SMILES string of the molecule is Cc1c(C2=NNC(=NC3CC3)SC2)sc2ccccc12. The van der Waals surface area contributed by atoms with Gasteiger partial charge in [0.15, 0.2) is 5.17 Å². The van der Waals surface area contributed by atoms with Gasteiger partial charge >= 0.3 is 0 Å². The zero-order chi connectivity index (χ0) is 13.5. The van der Waals surface area contributed by atoms with Crippen LogP contribution in [0.15, 0.2) is 34.4 Å². The lowest BCUT2D eigenvalue weighted by Gasteiger charge is -2.14. The molecule has 0 spiro atoms. The second-order valence-electron chi connectivity index (χ2n) is 5.18. The lowest BCUT2D eigenvalue weighted by molar-refractivity contribution is 0.985. The summed E-state index contributed by atoms with van der Waals surface area (Å²) in [7, 11) is 0. The van der Waals surface area contributed by atoms with Gasteiger partial charge in [-0.15, -0.1) is 11.3 Å². The summed E-state index contributed by atoms with van der Waals surface area (Å²) in [5, 5.41) is 6.87. The molecule has 1 aliphatic carbocycles. The molecule has 102 valence electrons. The number of rotatable bonds is 2. The van der Waals surface area contributed by atoms with Gasteiger partial charge in [0.25, 0.3) is 0 Å². The van der Waals surface area contributed by atoms with Crippen LogP contribution >= 0.6 is 23.1 Å². The summed E-state index contributed by atoms with van der Waals surface area (Å²) >= 11 is 3.60. The van der Waals surface area contributed by atoms with E-state index in [0.29, 0.717) is 6.04 Å². The normalized spacial score (nSPS) is 21.1. The molecule has 2 aromatic rings. The van der Waals surface area contributed by atoms with Crippen LogP contribution in [0.25, 0.3) is 10.1 Å². The molecule has 20 heavy (non-hydrogen) atoms. The summed E-state index contributed by atoms with van der Waals surface area (Å²) in [6.45, 7) is 2.19. The van der Waals surface area contributed by atoms with Crippen LogP contribution in [0.2, 0.25) is 0 Å². The van der Waals surface area contributed by atoms with Crippen LogP contribution in [0, 0.1) is 6.92 Å². The molecule has 1 saturated carbocycles. The molecule has 1 fully saturated rings. The standard InChI is InChI=1S/C15H15N3S2/c1-9-11-4-2-3-5-13(11)20-14(9)12-8-19-15(18-17-12)16-10-6-7-10/h2-5,10H,6-8H2,1H3,(H,16,18). The Morgan fingerprint density at radius 3 is 2.85 bits per heavy atom. The van der Waals surface area contributed by atoms with Crippen LogP contribution in [0.1, 0.15) is 23.3 Å². The van der Waals surface area contributed by atoms with Crippen molar-refractivity contribution in [1.29, 1.82) is 0 Å². The van der Waals surface area contributed by atoms with Gasteiger partial charge in [0, 0.05) is 10.5 Å². The van der Waals surface area contributed by atoms with Crippen molar-refractivity contribution in [1.82, 2.24) is 5.43 Å². The Kier molecular flexibility index (Phi) is 3.04. The third-order valence-corrected chi connectivity index (χ3v) is 5.79. The van der Waals surface area contributed by atoms with E-state index in [9.17, 15) is 0 Å². The van der Waals surface area contributed by atoms with E-state index in [2.05, 4.69) is 46.7 Å². The maximum atomic E-state index is 4.61. The molecule has 0 amide bonds. The highest BCUT2D eigenvalue weighted by Crippen LogP contribution is 2.32. The first-order valence-electron chi connectivity index (χ1n) is 6.83. The summed E-state index contributed by atoms with van der Waals surface area (Å²) in [6, 6.07) is 9.11. The van der Waals surface area contributed by atoms with Crippen LogP contribution < -0.4 is 5.43 Å². The predicted molar refractivity (Wildman–Crippen MR) is 89.1 cm³/mol. The van der Waals surface area contributed by atoms with E-state index in [1.165, 1.54) is 33.4 Å². The second kappa shape index (κ2) is 4.90. The van der Waals surface area contributed by atoms with Crippen molar-refractivity contribution < 1.29 is 0 Å². The van der Waals surface area contributed by atoms with E-state index in [0.717, 1.165) is 16.6 Å². The molecule has 0 unspecified atom stereocenters. The van der Waals surface area contributed by atoms with Gasteiger partial charge in [0.05, 0.1) is 16.6 Å². The number of aryl methyl sites for hydroxylation is 1. The van der Waals surface area contributed by atoms with Gasteiger partial charge in [0.2, 0.25) is 0 Å². The maximum absolute atomic E-state index is 4.61. The van der Waals surface area contributed by atoms with Crippen molar-refractivity contribution >= 4 is 44.1 Å². The number of hydrogen-bond acceptors (Lipinski definition) is 4. The minimum atomic E-state index is 0.549. The highest BCUT2D eigenvalue weighted by atomic mass is 32.2. The van der Waals surface area contributed by atoms with Crippen molar-refractivity contribution in [3.8, 4) is 0 Å². The summed E-state index contributed by atoms with van der Waals surface area (Å²) in [5.74, 6) is 0.909. The first-order chi connectivity index (χ1) is 9.81. The average Bonchev–Trinajstić information content (AvgIpc) is 3.23. The highest BCUT2D eigenvalue weighted by Gasteiger charge is 2.23. The van der Waals surface area contributed by atoms with E-state index in [-0.39, 0.29) is 0 Å². The molecule has 2 heterocycles. The summed E-state index contributed by atoms with van der Waals surface area (Å²) in [5.41, 5.74) is 5.60. The molecule has 0 radical (unpaired) electrons. The van der Waals surface area contributed by atoms with Crippen molar-refractivity contribution in [2.24, 2.45) is 10.1 Å². The fourth-order valence-electron chi connectivity index (χ4n) is 2.32. The van der Waals surface area contributed by atoms with Crippen molar-refractivity contribution in [3.63, 3.8) is 0 Å². The predicted octanol–water partition coefficient (Wildman–Crippen LogP) is 3.77. The zero-order valence-corrected chi connectivity index (χ0v) is 12.9. The quantitative estimate of drug-likeness (QED) is 0.916. The number of nitrogens with one attached hydrogen (secondary N) is 1. The monoisotopic (exact) mass is 301 g/mol. The Morgan fingerprint density at radius 1 is 1.30 bits per heavy atom. The molecule has 1 aromatic carbocycles. The Morgan fingerprint density at radius 2 is 2.15 bits per heavy atom. The number of thioether (sulfide) groups is 1. The van der Waals surface area contributed by atoms with Crippen molar-refractivity contribution in [2.75, 3.05) is 5.75 Å². The number of amidine groups is 1. The minimum Gasteiger partial charge on any atom is -0.258 e. The summed E-state index contributed by atoms with van der Waals surface area (Å²) < 4.78 is 1.34. The fourth-order valence-corrected chi connectivity index (χ4v) is 4.42. The van der Waals surface area contributed by atoms with Crippen molar-refractivity contribution in [3.05, 3.63) is 34.7 Å². The van der Waals surface area contributed by atoms with Gasteiger partial charge in [-0.1, -0.05) is 30.0 Å². The minimum absolute atomic E-state index is 0.549. The molecule has 0 bridgehead atoms. The van der Waals surface area contributed by atoms with Crippen LogP contribution in [0.3, 0.4) is 0 Å². The van der Waals surface area contributed by atoms with Crippen molar-refractivity contribution in [2.45, 2.75) is 25.8 Å². The van der Waals surface area contributed by atoms with E-state index in [1.807, 2.05) is 11.3 Å². The van der Waals surface area contributed by atoms with E-state index in [4.69, 9.17) is 0 Å². The highest BCUT2D eigenvalue weighted by molar-refractivity contribution is 8.14. The lowest BCUT2D eigenvalue weighted by Crippen LogP contribution is -2.25. The molecule has 5 heteroatoms. The third-order valence-electron chi connectivity index (χ3n) is 3.58. The van der Waals surface area contributed by atoms with Crippen LogP contribution in [-0.4, -0.2) is 22.7 Å². The lowest BCUT2D eigenvalue weighted by atomic mass is 10.1. The van der Waals surface area contributed by atoms with Crippen LogP contribution in [-0.2, 0) is 0 Å². The van der Waals surface area contributed by atoms with E-state index >= 15 is 0 Å². The molecule has 1 N–H and O–H groups in total. The molecule has 3 nitrogen and oxygen atoms in total. The first-order valence-corrected chi connectivity index (χ1v) is 8.63. The van der Waals surface area contributed by atoms with Crippen LogP contribution in [0.5, 0.6) is 0 Å². The number of thiophene rings is 1.